The number of aryl methyl sites for hydroxylation is 2. The summed E-state index contributed by atoms with van der Waals surface area (Å²) in [5.41, 5.74) is 4.91. The van der Waals surface area contributed by atoms with Gasteiger partial charge in [-0.2, -0.15) is 10.2 Å². The van der Waals surface area contributed by atoms with Gasteiger partial charge in [-0.05, 0) is 26.7 Å². The summed E-state index contributed by atoms with van der Waals surface area (Å²) in [6.45, 7) is 3.31. The molecule has 2 heterocycles. The van der Waals surface area contributed by atoms with E-state index in [1.54, 1.807) is 13.8 Å². The molecule has 188 valence electrons. The van der Waals surface area contributed by atoms with Gasteiger partial charge in [-0.25, -0.2) is 10.9 Å². The van der Waals surface area contributed by atoms with Crippen molar-refractivity contribution >= 4 is 58.3 Å². The predicted octanol–water partition coefficient (Wildman–Crippen LogP) is 4.57. The van der Waals surface area contributed by atoms with E-state index in [4.69, 9.17) is 0 Å². The van der Waals surface area contributed by atoms with Gasteiger partial charge in [0.15, 0.2) is 0 Å². The van der Waals surface area contributed by atoms with Crippen LogP contribution in [0.2, 0.25) is 0 Å². The number of carbonyl (C=O) groups excluding carboxylic acids is 2. The van der Waals surface area contributed by atoms with E-state index in [0.29, 0.717) is 45.2 Å². The lowest BCUT2D eigenvalue weighted by Gasteiger charge is -2.02. The SMILES string of the molecule is Cc1sc(/C=N/NC(=O)CCCCCCCC(=O)N/N=C/c2cc([N+](=O)[O-])c(C)s2)cc1[N+](=O)[O-]. The highest BCUT2D eigenvalue weighted by molar-refractivity contribution is 7.14. The average molecular weight is 523 g/mol. The lowest BCUT2D eigenvalue weighted by molar-refractivity contribution is -0.385. The maximum absolute atomic E-state index is 11.8. The van der Waals surface area contributed by atoms with Crippen molar-refractivity contribution < 1.29 is 19.4 Å². The van der Waals surface area contributed by atoms with Crippen molar-refractivity contribution in [2.75, 3.05) is 0 Å². The molecular formula is C21H26N6O6S2. The molecule has 2 rings (SSSR count). The Morgan fingerprint density at radius 1 is 0.800 bits per heavy atom. The summed E-state index contributed by atoms with van der Waals surface area (Å²) in [5, 5.41) is 29.3. The Hall–Kier alpha value is -3.52. The van der Waals surface area contributed by atoms with Crippen molar-refractivity contribution in [2.45, 2.75) is 58.8 Å². The smallest absolute Gasteiger partial charge is 0.273 e. The van der Waals surface area contributed by atoms with Gasteiger partial charge in [0.2, 0.25) is 11.8 Å². The highest BCUT2D eigenvalue weighted by Crippen LogP contribution is 2.27. The molecule has 2 aromatic heterocycles. The van der Waals surface area contributed by atoms with E-state index in [-0.39, 0.29) is 23.2 Å². The molecule has 35 heavy (non-hydrogen) atoms. The summed E-state index contributed by atoms with van der Waals surface area (Å²) < 4.78 is 0. The van der Waals surface area contributed by atoms with E-state index in [9.17, 15) is 29.8 Å². The van der Waals surface area contributed by atoms with Gasteiger partial charge in [0.1, 0.15) is 0 Å². The molecule has 0 aliphatic rings. The lowest BCUT2D eigenvalue weighted by Crippen LogP contribution is -2.17. The highest BCUT2D eigenvalue weighted by Gasteiger charge is 2.15. The van der Waals surface area contributed by atoms with Crippen molar-refractivity contribution in [2.24, 2.45) is 10.2 Å². The fourth-order valence-corrected chi connectivity index (χ4v) is 4.76. The second kappa shape index (κ2) is 14.0. The molecule has 2 N–H and O–H groups in total. The zero-order valence-electron chi connectivity index (χ0n) is 19.3. The zero-order chi connectivity index (χ0) is 25.8. The van der Waals surface area contributed by atoms with Crippen molar-refractivity contribution in [3.05, 3.63) is 51.9 Å². The van der Waals surface area contributed by atoms with Gasteiger partial charge in [0.25, 0.3) is 11.4 Å². The summed E-state index contributed by atoms with van der Waals surface area (Å²) in [6, 6.07) is 2.84. The number of rotatable bonds is 14. The van der Waals surface area contributed by atoms with Crippen LogP contribution in [-0.2, 0) is 9.59 Å². The largest absolute Gasteiger partial charge is 0.283 e. The molecule has 0 aliphatic carbocycles. The molecule has 0 saturated carbocycles. The van der Waals surface area contributed by atoms with E-state index in [0.717, 1.165) is 19.3 Å². The van der Waals surface area contributed by atoms with Crippen LogP contribution in [0.5, 0.6) is 0 Å². The molecule has 2 aromatic rings. The van der Waals surface area contributed by atoms with Gasteiger partial charge in [0.05, 0.1) is 41.8 Å². The first-order valence-corrected chi connectivity index (χ1v) is 12.4. The summed E-state index contributed by atoms with van der Waals surface area (Å²) in [6.07, 6.45) is 7.34. The second-order valence-electron chi connectivity index (χ2n) is 7.55. The lowest BCUT2D eigenvalue weighted by atomic mass is 10.1. The Morgan fingerprint density at radius 3 is 1.51 bits per heavy atom. The average Bonchev–Trinajstić information content (AvgIpc) is 3.35. The molecule has 0 unspecified atom stereocenters. The number of carbonyl (C=O) groups is 2. The van der Waals surface area contributed by atoms with Gasteiger partial charge in [-0.1, -0.05) is 19.3 Å². The topological polar surface area (TPSA) is 169 Å². The van der Waals surface area contributed by atoms with Gasteiger partial charge >= 0.3 is 0 Å². The van der Waals surface area contributed by atoms with Crippen molar-refractivity contribution in [3.63, 3.8) is 0 Å². The van der Waals surface area contributed by atoms with E-state index in [1.807, 2.05) is 0 Å². The van der Waals surface area contributed by atoms with Crippen LogP contribution in [-0.4, -0.2) is 34.1 Å². The maximum Gasteiger partial charge on any atom is 0.283 e. The Balaban J connectivity index is 1.52. The number of hydrogen-bond acceptors (Lipinski definition) is 10. The second-order valence-corrected chi connectivity index (χ2v) is 10.1. The number of hydrogen-bond donors (Lipinski definition) is 2. The van der Waals surface area contributed by atoms with E-state index in [2.05, 4.69) is 21.1 Å². The number of nitrogens with zero attached hydrogens (tertiary/aromatic N) is 4. The van der Waals surface area contributed by atoms with Crippen LogP contribution < -0.4 is 10.9 Å². The van der Waals surface area contributed by atoms with Crippen LogP contribution in [0.15, 0.2) is 22.3 Å². The Morgan fingerprint density at radius 2 is 1.17 bits per heavy atom. The molecule has 0 aliphatic heterocycles. The third-order valence-electron chi connectivity index (χ3n) is 4.78. The normalized spacial score (nSPS) is 11.3. The summed E-state index contributed by atoms with van der Waals surface area (Å²) >= 11 is 2.46. The minimum Gasteiger partial charge on any atom is -0.273 e. The quantitative estimate of drug-likeness (QED) is 0.159. The molecule has 0 aromatic carbocycles. The Labute approximate surface area is 209 Å². The third kappa shape index (κ3) is 9.70. The minimum absolute atomic E-state index is 0.0368. The number of nitro groups is 2. The first kappa shape index (κ1) is 27.7. The maximum atomic E-state index is 11.8. The van der Waals surface area contributed by atoms with Gasteiger partial charge in [-0.15, -0.1) is 22.7 Å². The van der Waals surface area contributed by atoms with Crippen LogP contribution in [0.4, 0.5) is 11.4 Å². The predicted molar refractivity (Wildman–Crippen MR) is 135 cm³/mol. The van der Waals surface area contributed by atoms with Crippen molar-refractivity contribution in [3.8, 4) is 0 Å². The van der Waals surface area contributed by atoms with Crippen LogP contribution in [0.1, 0.15) is 64.5 Å². The summed E-state index contributed by atoms with van der Waals surface area (Å²) in [7, 11) is 0. The van der Waals surface area contributed by atoms with E-state index < -0.39 is 9.85 Å². The van der Waals surface area contributed by atoms with Gasteiger partial charge < -0.3 is 0 Å². The molecule has 0 saturated heterocycles. The van der Waals surface area contributed by atoms with Crippen molar-refractivity contribution in [1.29, 1.82) is 0 Å². The minimum atomic E-state index is -0.452. The summed E-state index contributed by atoms with van der Waals surface area (Å²) in [5.74, 6) is -0.458. The molecule has 12 nitrogen and oxygen atoms in total. The molecule has 0 bridgehead atoms. The van der Waals surface area contributed by atoms with Gasteiger partial charge in [-0.3, -0.25) is 29.8 Å². The van der Waals surface area contributed by atoms with Crippen LogP contribution >= 0.6 is 22.7 Å². The zero-order valence-corrected chi connectivity index (χ0v) is 20.9. The molecule has 14 heteroatoms. The third-order valence-corrected chi connectivity index (χ3v) is 6.73. The number of unbranched alkanes of at least 4 members (excludes halogenated alkanes) is 4. The van der Waals surface area contributed by atoms with E-state index >= 15 is 0 Å². The molecular weight excluding hydrogens is 496 g/mol. The van der Waals surface area contributed by atoms with Crippen molar-refractivity contribution in [1.82, 2.24) is 10.9 Å². The Bertz CT molecular complexity index is 1040. The standard InChI is InChI=1S/C21H26N6O6S2/c1-14-18(26(30)31)10-16(34-14)12-22-24-20(28)8-6-4-3-5-7-9-21(29)25-23-13-17-11-19(27(32)33)15(2)35-17/h10-13H,3-9H2,1-2H3,(H,24,28)(H,25,29)/b22-12+,23-13+. The van der Waals surface area contributed by atoms with E-state index in [1.165, 1.54) is 47.2 Å². The number of amides is 2. The highest BCUT2D eigenvalue weighted by atomic mass is 32.1. The molecule has 0 radical (unpaired) electrons. The number of nitrogens with one attached hydrogen (secondary N) is 2. The molecule has 0 fully saturated rings. The van der Waals surface area contributed by atoms with Gasteiger partial charge in [0, 0.05) is 25.0 Å². The molecule has 0 atom stereocenters. The van der Waals surface area contributed by atoms with Crippen LogP contribution in [0.25, 0.3) is 0 Å². The fourth-order valence-electron chi connectivity index (χ4n) is 3.03. The molecule has 0 spiro atoms. The Kier molecular flexibility index (Phi) is 11.1. The van der Waals surface area contributed by atoms with Crippen LogP contribution in [0, 0.1) is 34.1 Å². The first-order valence-electron chi connectivity index (χ1n) is 10.8. The van der Waals surface area contributed by atoms with Crippen LogP contribution in [0.3, 0.4) is 0 Å². The number of thiophene rings is 2. The number of hydrazone groups is 2. The monoisotopic (exact) mass is 522 g/mol. The molecule has 2 amide bonds. The first-order chi connectivity index (χ1) is 16.7. The fraction of sp³-hybridized carbons (Fsp3) is 0.429. The summed E-state index contributed by atoms with van der Waals surface area (Å²) in [4.78, 5) is 46.8.